The topological polar surface area (TPSA) is 46.4 Å². The molecule has 1 atom stereocenters. The van der Waals surface area contributed by atoms with E-state index in [-0.39, 0.29) is 16.4 Å². The largest absolute Gasteiger partial charge is 0.292 e. The Morgan fingerprint density at radius 2 is 2.16 bits per heavy atom. The standard InChI is InChI=1S/C15H22N2O2/c1-15(2,3)13-6-4-5-12(9-13)10-16-8-7-14(11-16)17(18)19/h4-6,9,14H,7-8,10-11H2,1-3H3. The van der Waals surface area contributed by atoms with Crippen LogP contribution in [-0.4, -0.2) is 29.0 Å². The van der Waals surface area contributed by atoms with Crippen molar-refractivity contribution in [3.8, 4) is 0 Å². The van der Waals surface area contributed by atoms with Crippen molar-refractivity contribution in [1.29, 1.82) is 0 Å². The first-order valence-corrected chi connectivity index (χ1v) is 6.81. The van der Waals surface area contributed by atoms with E-state index in [9.17, 15) is 10.1 Å². The second-order valence-corrected chi connectivity index (χ2v) is 6.41. The van der Waals surface area contributed by atoms with E-state index in [4.69, 9.17) is 0 Å². The fraction of sp³-hybridized carbons (Fsp3) is 0.600. The first-order valence-electron chi connectivity index (χ1n) is 6.81. The Morgan fingerprint density at radius 3 is 2.74 bits per heavy atom. The van der Waals surface area contributed by atoms with Gasteiger partial charge in [-0.05, 0) is 16.5 Å². The van der Waals surface area contributed by atoms with Crippen molar-refractivity contribution in [2.45, 2.75) is 45.2 Å². The smallest absolute Gasteiger partial charge is 0.226 e. The van der Waals surface area contributed by atoms with Crippen LogP contribution < -0.4 is 0 Å². The van der Waals surface area contributed by atoms with E-state index in [1.54, 1.807) is 0 Å². The molecule has 0 N–H and O–H groups in total. The quantitative estimate of drug-likeness (QED) is 0.621. The molecule has 1 aromatic carbocycles. The minimum atomic E-state index is -0.384. The molecule has 0 saturated carbocycles. The van der Waals surface area contributed by atoms with E-state index in [0.29, 0.717) is 13.0 Å². The third-order valence-electron chi connectivity index (χ3n) is 3.74. The maximum absolute atomic E-state index is 10.8. The second-order valence-electron chi connectivity index (χ2n) is 6.41. The van der Waals surface area contributed by atoms with Crippen LogP contribution in [0.2, 0.25) is 0 Å². The third kappa shape index (κ3) is 3.53. The molecule has 1 aliphatic heterocycles. The summed E-state index contributed by atoms with van der Waals surface area (Å²) < 4.78 is 0. The van der Waals surface area contributed by atoms with Crippen LogP contribution in [-0.2, 0) is 12.0 Å². The monoisotopic (exact) mass is 262 g/mol. The van der Waals surface area contributed by atoms with Crippen LogP contribution in [0, 0.1) is 10.1 Å². The minimum Gasteiger partial charge on any atom is -0.292 e. The van der Waals surface area contributed by atoms with Gasteiger partial charge in [0.2, 0.25) is 6.04 Å². The second kappa shape index (κ2) is 5.29. The summed E-state index contributed by atoms with van der Waals surface area (Å²) >= 11 is 0. The molecule has 1 aliphatic rings. The van der Waals surface area contributed by atoms with E-state index in [1.807, 2.05) is 0 Å². The minimum absolute atomic E-state index is 0.143. The molecule has 1 fully saturated rings. The SMILES string of the molecule is CC(C)(C)c1cccc(CN2CCC([N+](=O)[O-])C2)c1. The van der Waals surface area contributed by atoms with E-state index in [1.165, 1.54) is 11.1 Å². The predicted molar refractivity (Wildman–Crippen MR) is 75.8 cm³/mol. The van der Waals surface area contributed by atoms with E-state index in [2.05, 4.69) is 49.9 Å². The summed E-state index contributed by atoms with van der Waals surface area (Å²) in [6, 6.07) is 8.17. The molecule has 0 radical (unpaired) electrons. The van der Waals surface area contributed by atoms with Crippen LogP contribution in [0.25, 0.3) is 0 Å². The highest BCUT2D eigenvalue weighted by Crippen LogP contribution is 2.24. The van der Waals surface area contributed by atoms with Gasteiger partial charge in [-0.2, -0.15) is 0 Å². The van der Waals surface area contributed by atoms with Crippen molar-refractivity contribution in [1.82, 2.24) is 4.90 Å². The number of hydrogen-bond donors (Lipinski definition) is 0. The van der Waals surface area contributed by atoms with Crippen LogP contribution in [0.15, 0.2) is 24.3 Å². The van der Waals surface area contributed by atoms with Gasteiger partial charge in [0.15, 0.2) is 0 Å². The van der Waals surface area contributed by atoms with Crippen LogP contribution in [0.1, 0.15) is 38.3 Å². The summed E-state index contributed by atoms with van der Waals surface area (Å²) in [6.07, 6.45) is 0.673. The summed E-state index contributed by atoms with van der Waals surface area (Å²) in [5.74, 6) is 0. The van der Waals surface area contributed by atoms with Gasteiger partial charge in [0.05, 0.1) is 6.54 Å². The molecule has 0 spiro atoms. The highest BCUT2D eigenvalue weighted by atomic mass is 16.6. The number of nitrogens with zero attached hydrogens (tertiary/aromatic N) is 2. The molecule has 1 aromatic rings. The van der Waals surface area contributed by atoms with Crippen LogP contribution in [0.5, 0.6) is 0 Å². The Balaban J connectivity index is 2.03. The Hall–Kier alpha value is -1.42. The molecule has 1 unspecified atom stereocenters. The molecule has 19 heavy (non-hydrogen) atoms. The fourth-order valence-electron chi connectivity index (χ4n) is 2.52. The number of nitro groups is 1. The zero-order valence-corrected chi connectivity index (χ0v) is 11.9. The van der Waals surface area contributed by atoms with Crippen LogP contribution in [0.4, 0.5) is 0 Å². The number of likely N-dealkylation sites (tertiary alicyclic amines) is 1. The lowest BCUT2D eigenvalue weighted by molar-refractivity contribution is -0.518. The van der Waals surface area contributed by atoms with E-state index >= 15 is 0 Å². The molecule has 4 heteroatoms. The Labute approximate surface area is 114 Å². The zero-order valence-electron chi connectivity index (χ0n) is 11.9. The Kier molecular flexibility index (Phi) is 3.90. The van der Waals surface area contributed by atoms with E-state index in [0.717, 1.165) is 13.1 Å². The summed E-state index contributed by atoms with van der Waals surface area (Å²) in [5.41, 5.74) is 2.70. The average molecular weight is 262 g/mol. The first-order chi connectivity index (χ1) is 8.86. The molecule has 104 valence electrons. The zero-order chi connectivity index (χ0) is 14.0. The predicted octanol–water partition coefficient (Wildman–Crippen LogP) is 2.84. The summed E-state index contributed by atoms with van der Waals surface area (Å²) in [5, 5.41) is 10.8. The van der Waals surface area contributed by atoms with Crippen LogP contribution >= 0.6 is 0 Å². The Bertz CT molecular complexity index is 465. The van der Waals surface area contributed by atoms with Gasteiger partial charge in [0.25, 0.3) is 0 Å². The molecule has 1 heterocycles. The molecular weight excluding hydrogens is 240 g/mol. The van der Waals surface area contributed by atoms with Crippen molar-refractivity contribution in [3.63, 3.8) is 0 Å². The van der Waals surface area contributed by atoms with Crippen molar-refractivity contribution in [2.24, 2.45) is 0 Å². The fourth-order valence-corrected chi connectivity index (χ4v) is 2.52. The van der Waals surface area contributed by atoms with Crippen molar-refractivity contribution in [3.05, 3.63) is 45.5 Å². The normalized spacial score (nSPS) is 20.7. The molecule has 4 nitrogen and oxygen atoms in total. The highest BCUT2D eigenvalue weighted by molar-refractivity contribution is 5.28. The molecule has 2 rings (SSSR count). The van der Waals surface area contributed by atoms with Crippen molar-refractivity contribution < 1.29 is 4.92 Å². The summed E-state index contributed by atoms with van der Waals surface area (Å²) in [4.78, 5) is 12.8. The Morgan fingerprint density at radius 1 is 1.42 bits per heavy atom. The highest BCUT2D eigenvalue weighted by Gasteiger charge is 2.30. The number of rotatable bonds is 3. The number of benzene rings is 1. The van der Waals surface area contributed by atoms with Gasteiger partial charge in [-0.25, -0.2) is 0 Å². The molecule has 1 saturated heterocycles. The van der Waals surface area contributed by atoms with Gasteiger partial charge in [0.1, 0.15) is 0 Å². The molecule has 0 aromatic heterocycles. The molecule has 0 bridgehead atoms. The van der Waals surface area contributed by atoms with Crippen molar-refractivity contribution >= 4 is 0 Å². The van der Waals surface area contributed by atoms with Gasteiger partial charge < -0.3 is 0 Å². The molecular formula is C15H22N2O2. The van der Waals surface area contributed by atoms with Gasteiger partial charge in [-0.15, -0.1) is 0 Å². The summed E-state index contributed by atoms with van der Waals surface area (Å²) in [7, 11) is 0. The van der Waals surface area contributed by atoms with Gasteiger partial charge in [0, 0.05) is 24.4 Å². The number of hydrogen-bond acceptors (Lipinski definition) is 3. The van der Waals surface area contributed by atoms with Crippen molar-refractivity contribution in [2.75, 3.05) is 13.1 Å². The lowest BCUT2D eigenvalue weighted by Gasteiger charge is -2.21. The van der Waals surface area contributed by atoms with Gasteiger partial charge >= 0.3 is 0 Å². The molecule has 0 amide bonds. The summed E-state index contributed by atoms with van der Waals surface area (Å²) in [6.45, 7) is 8.81. The average Bonchev–Trinajstić information content (AvgIpc) is 2.77. The van der Waals surface area contributed by atoms with Gasteiger partial charge in [-0.1, -0.05) is 45.0 Å². The van der Waals surface area contributed by atoms with Crippen LogP contribution in [0.3, 0.4) is 0 Å². The van der Waals surface area contributed by atoms with E-state index < -0.39 is 0 Å². The lowest BCUT2D eigenvalue weighted by Crippen LogP contribution is -2.26. The molecule has 0 aliphatic carbocycles. The van der Waals surface area contributed by atoms with Gasteiger partial charge in [-0.3, -0.25) is 15.0 Å². The third-order valence-corrected chi connectivity index (χ3v) is 3.74. The first kappa shape index (κ1) is 14.0. The maximum Gasteiger partial charge on any atom is 0.226 e. The maximum atomic E-state index is 10.8. The lowest BCUT2D eigenvalue weighted by atomic mass is 9.86.